The van der Waals surface area contributed by atoms with Crippen molar-refractivity contribution in [2.75, 3.05) is 37.4 Å². The van der Waals surface area contributed by atoms with Gasteiger partial charge in [-0.05, 0) is 68.9 Å². The highest BCUT2D eigenvalue weighted by Gasteiger charge is 2.24. The summed E-state index contributed by atoms with van der Waals surface area (Å²) in [6.07, 6.45) is 9.50. The van der Waals surface area contributed by atoms with Gasteiger partial charge in [-0.25, -0.2) is 9.97 Å². The van der Waals surface area contributed by atoms with Crippen molar-refractivity contribution in [1.29, 1.82) is 0 Å². The Labute approximate surface area is 255 Å². The summed E-state index contributed by atoms with van der Waals surface area (Å²) >= 11 is 6.58. The number of nitrogens with one attached hydrogen (secondary N) is 2. The Morgan fingerprint density at radius 3 is 2.86 bits per heavy atom. The minimum absolute atomic E-state index is 0.165. The zero-order chi connectivity index (χ0) is 29.6. The summed E-state index contributed by atoms with van der Waals surface area (Å²) in [4.78, 5) is 28.6. The average molecular weight is 601 g/mol. The van der Waals surface area contributed by atoms with E-state index in [0.717, 1.165) is 31.5 Å². The standard InChI is InChI=1S/C32H33ClN6O4/c1-39-15-4-6-23(39)8-12-29(40)38-27-10-9-26-30(31(27)43-24-13-16-41-19-24)32(36-20-35-26)37-21-7-11-28(25(33)17-21)42-18-22-5-2-3-14-34-22/h2-3,5,7-12,14,17,20,23-24H,4,6,13,15-16,18-19H2,1H3,(H,38,40)(H,35,36,37)/b12-8+. The maximum Gasteiger partial charge on any atom is 0.248 e. The van der Waals surface area contributed by atoms with Crippen molar-refractivity contribution in [3.63, 3.8) is 0 Å². The van der Waals surface area contributed by atoms with Gasteiger partial charge in [0.25, 0.3) is 0 Å². The number of anilines is 3. The number of aromatic nitrogens is 3. The van der Waals surface area contributed by atoms with E-state index in [0.29, 0.717) is 64.4 Å². The molecule has 0 aliphatic carbocycles. The fourth-order valence-electron chi connectivity index (χ4n) is 5.23. The Balaban J connectivity index is 1.27. The first-order chi connectivity index (χ1) is 21.0. The molecule has 2 aliphatic heterocycles. The normalized spacial score (nSPS) is 18.7. The molecule has 2 atom stereocenters. The van der Waals surface area contributed by atoms with Gasteiger partial charge in [0.05, 0.1) is 40.5 Å². The highest BCUT2D eigenvalue weighted by molar-refractivity contribution is 6.32. The van der Waals surface area contributed by atoms with Crippen LogP contribution in [0.2, 0.25) is 5.02 Å². The SMILES string of the molecule is CN1CCCC1/C=C/C(=O)Nc1ccc2ncnc(Nc3ccc(OCc4ccccn4)c(Cl)c3)c2c1OC1CCOC1. The third-order valence-corrected chi connectivity index (χ3v) is 7.82. The first kappa shape index (κ1) is 28.9. The number of ether oxygens (including phenoxy) is 3. The Morgan fingerprint density at radius 1 is 1.16 bits per heavy atom. The summed E-state index contributed by atoms with van der Waals surface area (Å²) in [6.45, 7) is 2.41. The Bertz CT molecular complexity index is 1610. The van der Waals surface area contributed by atoms with E-state index in [9.17, 15) is 4.79 Å². The van der Waals surface area contributed by atoms with Crippen LogP contribution < -0.4 is 20.1 Å². The molecule has 0 saturated carbocycles. The van der Waals surface area contributed by atoms with Crippen LogP contribution >= 0.6 is 11.6 Å². The molecule has 0 spiro atoms. The molecule has 2 N–H and O–H groups in total. The Morgan fingerprint density at radius 2 is 2.09 bits per heavy atom. The molecule has 2 aromatic carbocycles. The van der Waals surface area contributed by atoms with Crippen LogP contribution in [0.5, 0.6) is 11.5 Å². The van der Waals surface area contributed by atoms with Crippen molar-refractivity contribution < 1.29 is 19.0 Å². The second kappa shape index (κ2) is 13.4. The van der Waals surface area contributed by atoms with Gasteiger partial charge in [0.15, 0.2) is 5.75 Å². The lowest BCUT2D eigenvalue weighted by Crippen LogP contribution is -2.23. The summed E-state index contributed by atoms with van der Waals surface area (Å²) in [5.41, 5.74) is 2.69. The van der Waals surface area contributed by atoms with Crippen LogP contribution in [0.1, 0.15) is 25.0 Å². The number of likely N-dealkylation sites (N-methyl/N-ethyl adjacent to an activating group) is 1. The van der Waals surface area contributed by atoms with Crippen molar-refractivity contribution in [3.8, 4) is 11.5 Å². The number of likely N-dealkylation sites (tertiary alicyclic amines) is 1. The largest absolute Gasteiger partial charge is 0.486 e. The Kier molecular flexibility index (Phi) is 8.97. The molecule has 222 valence electrons. The van der Waals surface area contributed by atoms with Crippen molar-refractivity contribution in [1.82, 2.24) is 19.9 Å². The first-order valence-electron chi connectivity index (χ1n) is 14.3. The van der Waals surface area contributed by atoms with Gasteiger partial charge in [-0.15, -0.1) is 0 Å². The van der Waals surface area contributed by atoms with E-state index in [1.807, 2.05) is 42.5 Å². The predicted octanol–water partition coefficient (Wildman–Crippen LogP) is 5.76. The van der Waals surface area contributed by atoms with Crippen LogP contribution in [-0.2, 0) is 16.1 Å². The molecular weight excluding hydrogens is 568 g/mol. The topological polar surface area (TPSA) is 111 Å². The van der Waals surface area contributed by atoms with Crippen LogP contribution in [0.4, 0.5) is 17.2 Å². The number of hydrogen-bond acceptors (Lipinski definition) is 9. The number of benzene rings is 2. The first-order valence-corrected chi connectivity index (χ1v) is 14.7. The van der Waals surface area contributed by atoms with Crippen LogP contribution in [0.25, 0.3) is 10.9 Å². The third kappa shape index (κ3) is 7.05. The lowest BCUT2D eigenvalue weighted by Gasteiger charge is -2.20. The predicted molar refractivity (Wildman–Crippen MR) is 166 cm³/mol. The van der Waals surface area contributed by atoms with E-state index < -0.39 is 0 Å². The van der Waals surface area contributed by atoms with Crippen LogP contribution in [0.15, 0.2) is 73.2 Å². The van der Waals surface area contributed by atoms with E-state index in [1.165, 1.54) is 6.33 Å². The highest BCUT2D eigenvalue weighted by Crippen LogP contribution is 2.40. The zero-order valence-electron chi connectivity index (χ0n) is 23.8. The molecule has 10 nitrogen and oxygen atoms in total. The van der Waals surface area contributed by atoms with Gasteiger partial charge in [-0.1, -0.05) is 23.7 Å². The highest BCUT2D eigenvalue weighted by atomic mass is 35.5. The summed E-state index contributed by atoms with van der Waals surface area (Å²) in [5.74, 6) is 1.30. The van der Waals surface area contributed by atoms with E-state index >= 15 is 0 Å². The number of amides is 1. The molecule has 2 unspecified atom stereocenters. The number of fused-ring (bicyclic) bond motifs is 1. The molecule has 0 radical (unpaired) electrons. The monoisotopic (exact) mass is 600 g/mol. The number of rotatable bonds is 10. The fourth-order valence-corrected chi connectivity index (χ4v) is 5.46. The average Bonchev–Trinajstić information content (AvgIpc) is 3.69. The van der Waals surface area contributed by atoms with Crippen LogP contribution in [-0.4, -0.2) is 64.7 Å². The van der Waals surface area contributed by atoms with Crippen molar-refractivity contribution in [2.45, 2.75) is 38.0 Å². The number of pyridine rings is 1. The molecule has 0 bridgehead atoms. The summed E-state index contributed by atoms with van der Waals surface area (Å²) in [7, 11) is 2.07. The molecule has 2 aromatic heterocycles. The minimum atomic E-state index is -0.230. The molecule has 2 saturated heterocycles. The van der Waals surface area contributed by atoms with Gasteiger partial charge in [-0.2, -0.15) is 0 Å². The van der Waals surface area contributed by atoms with Crippen LogP contribution in [0.3, 0.4) is 0 Å². The third-order valence-electron chi connectivity index (χ3n) is 7.53. The fraction of sp³-hybridized carbons (Fsp3) is 0.312. The smallest absolute Gasteiger partial charge is 0.248 e. The van der Waals surface area contributed by atoms with Gasteiger partial charge < -0.3 is 24.8 Å². The van der Waals surface area contributed by atoms with E-state index in [1.54, 1.807) is 24.4 Å². The molecule has 2 fully saturated rings. The molecule has 11 heteroatoms. The molecule has 1 amide bonds. The number of halogens is 1. The van der Waals surface area contributed by atoms with E-state index in [4.69, 9.17) is 25.8 Å². The molecule has 2 aliphatic rings. The molecule has 4 heterocycles. The molecule has 4 aromatic rings. The van der Waals surface area contributed by atoms with Crippen molar-refractivity contribution in [2.24, 2.45) is 0 Å². The number of carbonyl (C=O) groups excluding carboxylic acids is 1. The second-order valence-electron chi connectivity index (χ2n) is 10.6. The van der Waals surface area contributed by atoms with Gasteiger partial charge in [0.1, 0.15) is 30.6 Å². The van der Waals surface area contributed by atoms with Gasteiger partial charge in [0.2, 0.25) is 5.91 Å². The summed E-state index contributed by atoms with van der Waals surface area (Å²) in [6, 6.07) is 15.0. The quantitative estimate of drug-likeness (QED) is 0.220. The van der Waals surface area contributed by atoms with Crippen molar-refractivity contribution >= 4 is 45.6 Å². The van der Waals surface area contributed by atoms with Gasteiger partial charge >= 0.3 is 0 Å². The van der Waals surface area contributed by atoms with E-state index in [2.05, 4.69) is 37.5 Å². The van der Waals surface area contributed by atoms with Gasteiger partial charge in [-0.3, -0.25) is 14.7 Å². The second-order valence-corrected chi connectivity index (χ2v) is 11.0. The zero-order valence-corrected chi connectivity index (χ0v) is 24.6. The number of nitrogens with zero attached hydrogens (tertiary/aromatic N) is 4. The number of carbonyl (C=O) groups is 1. The summed E-state index contributed by atoms with van der Waals surface area (Å²) in [5, 5.41) is 7.44. The molecular formula is C32H33ClN6O4. The van der Waals surface area contributed by atoms with Crippen LogP contribution in [0, 0.1) is 0 Å². The lowest BCUT2D eigenvalue weighted by molar-refractivity contribution is -0.112. The number of hydrogen-bond donors (Lipinski definition) is 2. The van der Waals surface area contributed by atoms with E-state index in [-0.39, 0.29) is 18.1 Å². The van der Waals surface area contributed by atoms with Gasteiger partial charge in [0, 0.05) is 30.4 Å². The Hall–Kier alpha value is -4.25. The molecule has 6 rings (SSSR count). The maximum absolute atomic E-state index is 13.0. The lowest BCUT2D eigenvalue weighted by atomic mass is 10.1. The van der Waals surface area contributed by atoms with Crippen molar-refractivity contribution in [3.05, 3.63) is 83.9 Å². The minimum Gasteiger partial charge on any atom is -0.486 e. The summed E-state index contributed by atoms with van der Waals surface area (Å²) < 4.78 is 17.9. The maximum atomic E-state index is 13.0. The molecule has 43 heavy (non-hydrogen) atoms.